The summed E-state index contributed by atoms with van der Waals surface area (Å²) in [5.74, 6) is 1.57. The van der Waals surface area contributed by atoms with E-state index in [9.17, 15) is 4.79 Å². The normalized spacial score (nSPS) is 20.4. The number of esters is 1. The van der Waals surface area contributed by atoms with Crippen LogP contribution in [-0.2, 0) is 10.2 Å². The van der Waals surface area contributed by atoms with Crippen molar-refractivity contribution in [2.45, 2.75) is 64.7 Å². The standard InChI is InChI=1S/C20H30N2O2.ClH/c1-20(2,3)16-9-11-17(12-10-16)24-18(23)13-6-14-4-7-15(8-5-14)19(21)22;/h9-12,14-15H,4-8,13H2,1-3H3,(H3,21,22);1H. The van der Waals surface area contributed by atoms with Gasteiger partial charge >= 0.3 is 5.97 Å². The van der Waals surface area contributed by atoms with Crippen LogP contribution in [-0.4, -0.2) is 11.8 Å². The molecule has 1 aromatic rings. The van der Waals surface area contributed by atoms with Crippen LogP contribution in [0.2, 0.25) is 0 Å². The largest absolute Gasteiger partial charge is 0.427 e. The van der Waals surface area contributed by atoms with E-state index in [1.165, 1.54) is 5.56 Å². The van der Waals surface area contributed by atoms with Gasteiger partial charge in [-0.05, 0) is 61.1 Å². The first-order chi connectivity index (χ1) is 11.3. The van der Waals surface area contributed by atoms with Gasteiger partial charge in [0.2, 0.25) is 0 Å². The second-order valence-electron chi connectivity index (χ2n) is 7.96. The molecule has 2 rings (SSSR count). The third-order valence-corrected chi connectivity index (χ3v) is 5.00. The smallest absolute Gasteiger partial charge is 0.311 e. The number of carbonyl (C=O) groups is 1. The van der Waals surface area contributed by atoms with Gasteiger partial charge in [0, 0.05) is 12.3 Å². The average Bonchev–Trinajstić information content (AvgIpc) is 2.53. The second-order valence-corrected chi connectivity index (χ2v) is 7.96. The molecule has 0 aliphatic heterocycles. The van der Waals surface area contributed by atoms with Gasteiger partial charge in [-0.2, -0.15) is 0 Å². The van der Waals surface area contributed by atoms with Crippen LogP contribution in [0.4, 0.5) is 0 Å². The third-order valence-electron chi connectivity index (χ3n) is 5.00. The number of rotatable bonds is 5. The molecule has 0 radical (unpaired) electrons. The lowest BCUT2D eigenvalue weighted by molar-refractivity contribution is -0.134. The summed E-state index contributed by atoms with van der Waals surface area (Å²) in [5.41, 5.74) is 6.89. The Kier molecular flexibility index (Phi) is 7.94. The lowest BCUT2D eigenvalue weighted by Gasteiger charge is -2.27. The van der Waals surface area contributed by atoms with Gasteiger partial charge in [-0.1, -0.05) is 32.9 Å². The molecule has 3 N–H and O–H groups in total. The van der Waals surface area contributed by atoms with Gasteiger partial charge in [0.25, 0.3) is 0 Å². The van der Waals surface area contributed by atoms with Crippen LogP contribution >= 0.6 is 12.4 Å². The average molecular weight is 367 g/mol. The molecule has 0 unspecified atom stereocenters. The zero-order valence-electron chi connectivity index (χ0n) is 15.5. The molecule has 0 saturated heterocycles. The number of hydrogen-bond acceptors (Lipinski definition) is 3. The van der Waals surface area contributed by atoms with E-state index in [2.05, 4.69) is 20.8 Å². The molecular formula is C20H31ClN2O2. The Labute approximate surface area is 157 Å². The van der Waals surface area contributed by atoms with Gasteiger partial charge < -0.3 is 10.5 Å². The molecule has 4 nitrogen and oxygen atoms in total. The van der Waals surface area contributed by atoms with Crippen LogP contribution in [0.15, 0.2) is 24.3 Å². The van der Waals surface area contributed by atoms with E-state index in [-0.39, 0.29) is 29.7 Å². The molecular weight excluding hydrogens is 336 g/mol. The van der Waals surface area contributed by atoms with Crippen molar-refractivity contribution in [2.24, 2.45) is 17.6 Å². The summed E-state index contributed by atoms with van der Waals surface area (Å²) in [4.78, 5) is 12.0. The van der Waals surface area contributed by atoms with Gasteiger partial charge in [0.05, 0.1) is 5.84 Å². The molecule has 0 heterocycles. The fraction of sp³-hybridized carbons (Fsp3) is 0.600. The number of ether oxygens (including phenoxy) is 1. The van der Waals surface area contributed by atoms with Crippen LogP contribution in [0.25, 0.3) is 0 Å². The highest BCUT2D eigenvalue weighted by Crippen LogP contribution is 2.31. The summed E-state index contributed by atoms with van der Waals surface area (Å²) in [6, 6.07) is 7.78. The first-order valence-electron chi connectivity index (χ1n) is 8.91. The predicted molar refractivity (Wildman–Crippen MR) is 105 cm³/mol. The number of nitrogens with one attached hydrogen (secondary N) is 1. The minimum Gasteiger partial charge on any atom is -0.427 e. The molecule has 0 spiro atoms. The Morgan fingerprint density at radius 3 is 2.20 bits per heavy atom. The van der Waals surface area contributed by atoms with Gasteiger partial charge in [-0.25, -0.2) is 0 Å². The lowest BCUT2D eigenvalue weighted by Crippen LogP contribution is -2.27. The maximum absolute atomic E-state index is 12.0. The van der Waals surface area contributed by atoms with E-state index in [0.717, 1.165) is 32.1 Å². The molecule has 1 fully saturated rings. The molecule has 0 aromatic heterocycles. The molecule has 0 bridgehead atoms. The summed E-state index contributed by atoms with van der Waals surface area (Å²) in [7, 11) is 0. The van der Waals surface area contributed by atoms with Crippen molar-refractivity contribution in [3.8, 4) is 5.75 Å². The molecule has 0 amide bonds. The number of benzene rings is 1. The van der Waals surface area contributed by atoms with Crippen molar-refractivity contribution in [3.05, 3.63) is 29.8 Å². The van der Waals surface area contributed by atoms with Crippen molar-refractivity contribution in [2.75, 3.05) is 0 Å². The van der Waals surface area contributed by atoms with E-state index in [1.807, 2.05) is 24.3 Å². The van der Waals surface area contributed by atoms with E-state index in [4.69, 9.17) is 15.9 Å². The topological polar surface area (TPSA) is 76.2 Å². The van der Waals surface area contributed by atoms with Gasteiger partial charge in [0.15, 0.2) is 0 Å². The lowest BCUT2D eigenvalue weighted by atomic mass is 9.79. The van der Waals surface area contributed by atoms with Gasteiger partial charge in [-0.3, -0.25) is 10.2 Å². The monoisotopic (exact) mass is 366 g/mol. The summed E-state index contributed by atoms with van der Waals surface area (Å²) in [5, 5.41) is 7.51. The third kappa shape index (κ3) is 6.69. The van der Waals surface area contributed by atoms with Crippen molar-refractivity contribution in [1.82, 2.24) is 0 Å². The molecule has 25 heavy (non-hydrogen) atoms. The van der Waals surface area contributed by atoms with Gasteiger partial charge in [0.1, 0.15) is 5.75 Å². The molecule has 1 saturated carbocycles. The minimum atomic E-state index is -0.160. The van der Waals surface area contributed by atoms with Crippen LogP contribution in [0.3, 0.4) is 0 Å². The van der Waals surface area contributed by atoms with Crippen LogP contribution in [0.5, 0.6) is 5.75 Å². The Morgan fingerprint density at radius 1 is 1.16 bits per heavy atom. The SMILES string of the molecule is CC(C)(C)c1ccc(OC(=O)CCC2CCC(C(=N)N)CC2)cc1.Cl. The van der Waals surface area contributed by atoms with Gasteiger partial charge in [-0.15, -0.1) is 12.4 Å². The first kappa shape index (κ1) is 21.5. The van der Waals surface area contributed by atoms with Crippen LogP contribution < -0.4 is 10.5 Å². The van der Waals surface area contributed by atoms with E-state index >= 15 is 0 Å². The maximum atomic E-state index is 12.0. The Bertz CT molecular complexity index is 570. The Hall–Kier alpha value is -1.55. The van der Waals surface area contributed by atoms with Crippen molar-refractivity contribution < 1.29 is 9.53 Å². The molecule has 1 aliphatic rings. The quantitative estimate of drug-likeness (QED) is 0.339. The maximum Gasteiger partial charge on any atom is 0.311 e. The van der Waals surface area contributed by atoms with E-state index < -0.39 is 0 Å². The Morgan fingerprint density at radius 2 is 1.72 bits per heavy atom. The summed E-state index contributed by atoms with van der Waals surface area (Å²) in [6.45, 7) is 6.48. The Balaban J connectivity index is 0.00000312. The summed E-state index contributed by atoms with van der Waals surface area (Å²) >= 11 is 0. The highest BCUT2D eigenvalue weighted by Gasteiger charge is 2.23. The molecule has 140 valence electrons. The van der Waals surface area contributed by atoms with Crippen molar-refractivity contribution >= 4 is 24.2 Å². The number of amidine groups is 1. The van der Waals surface area contributed by atoms with Crippen molar-refractivity contribution in [3.63, 3.8) is 0 Å². The summed E-state index contributed by atoms with van der Waals surface area (Å²) < 4.78 is 5.44. The fourth-order valence-electron chi connectivity index (χ4n) is 3.29. The summed E-state index contributed by atoms with van der Waals surface area (Å²) in [6.07, 6.45) is 5.38. The predicted octanol–water partition coefficient (Wildman–Crippen LogP) is 4.83. The number of carbonyl (C=O) groups excluding carboxylic acids is 1. The number of hydrogen-bond donors (Lipinski definition) is 2. The highest BCUT2D eigenvalue weighted by atomic mass is 35.5. The number of nitrogens with two attached hydrogens (primary N) is 1. The molecule has 1 aliphatic carbocycles. The van der Waals surface area contributed by atoms with E-state index in [0.29, 0.717) is 23.9 Å². The highest BCUT2D eigenvalue weighted by molar-refractivity contribution is 5.85. The first-order valence-corrected chi connectivity index (χ1v) is 8.91. The molecule has 1 aromatic carbocycles. The second kappa shape index (κ2) is 9.23. The molecule has 5 heteroatoms. The molecule has 0 atom stereocenters. The fourth-order valence-corrected chi connectivity index (χ4v) is 3.29. The van der Waals surface area contributed by atoms with Crippen LogP contribution in [0, 0.1) is 17.2 Å². The minimum absolute atomic E-state index is 0. The van der Waals surface area contributed by atoms with E-state index in [1.54, 1.807) is 0 Å². The number of halogens is 1. The zero-order valence-corrected chi connectivity index (χ0v) is 16.3. The van der Waals surface area contributed by atoms with Crippen LogP contribution in [0.1, 0.15) is 64.9 Å². The van der Waals surface area contributed by atoms with Crippen molar-refractivity contribution in [1.29, 1.82) is 5.41 Å². The zero-order chi connectivity index (χ0) is 17.7.